The summed E-state index contributed by atoms with van der Waals surface area (Å²) in [5.41, 5.74) is -1.34. The van der Waals surface area contributed by atoms with E-state index in [1.165, 1.54) is 6.07 Å². The summed E-state index contributed by atoms with van der Waals surface area (Å²) in [7, 11) is 0. The molecule has 5 rings (SSSR count). The van der Waals surface area contributed by atoms with E-state index in [-0.39, 0.29) is 23.3 Å². The quantitative estimate of drug-likeness (QED) is 0.146. The number of hydrogen-bond acceptors (Lipinski definition) is 15. The summed E-state index contributed by atoms with van der Waals surface area (Å²) in [5.74, 6) is -4.11. The van der Waals surface area contributed by atoms with Crippen molar-refractivity contribution in [1.29, 1.82) is 0 Å². The van der Waals surface area contributed by atoms with Crippen LogP contribution in [0.1, 0.15) is 18.1 Å². The zero-order valence-corrected chi connectivity index (χ0v) is 21.9. The monoisotopic (exact) mass is 608 g/mol. The molecule has 2 aliphatic heterocycles. The van der Waals surface area contributed by atoms with E-state index in [0.717, 1.165) is 24.3 Å². The normalized spacial score (nSPS) is 31.2. The number of carbonyl (C=O) groups is 1. The molecule has 9 unspecified atom stereocenters. The third-order valence-corrected chi connectivity index (χ3v) is 7.36. The van der Waals surface area contributed by atoms with Crippen molar-refractivity contribution in [2.24, 2.45) is 0 Å². The third kappa shape index (κ3) is 5.57. The predicted molar refractivity (Wildman–Crippen MR) is 139 cm³/mol. The number of aliphatic hydroxyl groups excluding tert-OH is 5. The Morgan fingerprint density at radius 3 is 2.26 bits per heavy atom. The van der Waals surface area contributed by atoms with Crippen LogP contribution in [0, 0.1) is 0 Å². The molecule has 10 N–H and O–H groups in total. The zero-order valence-electron chi connectivity index (χ0n) is 21.9. The number of carboxylic acid groups (broad SMARTS) is 1. The average molecular weight is 609 g/mol. The molecule has 0 amide bonds. The Morgan fingerprint density at radius 1 is 0.860 bits per heavy atom. The molecule has 1 aromatic heterocycles. The van der Waals surface area contributed by atoms with Crippen LogP contribution >= 0.6 is 0 Å². The second kappa shape index (κ2) is 11.6. The van der Waals surface area contributed by atoms with Gasteiger partial charge in [-0.25, -0.2) is 4.79 Å². The molecule has 2 fully saturated rings. The first-order valence-corrected chi connectivity index (χ1v) is 12.9. The van der Waals surface area contributed by atoms with Crippen molar-refractivity contribution in [2.45, 2.75) is 61.5 Å². The second-order valence-corrected chi connectivity index (χ2v) is 10.3. The standard InChI is InChI=1S/C27H28O16/c28-10-2-1-8(3-11(10)29)15-5-12(30)17-16(42-15)6-13(31)18(20(17)34)24-19(33)14(32)4-9(41-24)7-40-27-23(37)21(35)22(36)25(43-27)26(38)39/h1-3,5-6,9,14,19,21-25,27-29,31-37H,4,7H2,(H,38,39). The third-order valence-electron chi connectivity index (χ3n) is 7.36. The molecule has 232 valence electrons. The number of fused-ring (bicyclic) bond motifs is 1. The number of hydrogen-bond donors (Lipinski definition) is 10. The van der Waals surface area contributed by atoms with E-state index in [2.05, 4.69) is 0 Å². The number of rotatable bonds is 6. The van der Waals surface area contributed by atoms with E-state index in [0.29, 0.717) is 0 Å². The number of carboxylic acids is 1. The summed E-state index contributed by atoms with van der Waals surface area (Å²) < 4.78 is 21.8. The van der Waals surface area contributed by atoms with Gasteiger partial charge in [0, 0.05) is 24.1 Å². The number of aliphatic carboxylic acids is 1. The van der Waals surface area contributed by atoms with Gasteiger partial charge in [0.05, 0.1) is 24.4 Å². The van der Waals surface area contributed by atoms with E-state index in [4.69, 9.17) is 18.6 Å². The van der Waals surface area contributed by atoms with Gasteiger partial charge in [0.15, 0.2) is 29.3 Å². The molecule has 16 heteroatoms. The van der Waals surface area contributed by atoms with Crippen molar-refractivity contribution >= 4 is 16.9 Å². The Balaban J connectivity index is 1.41. The largest absolute Gasteiger partial charge is 0.507 e. The topological polar surface area (TPSA) is 277 Å². The van der Waals surface area contributed by atoms with E-state index >= 15 is 0 Å². The summed E-state index contributed by atoms with van der Waals surface area (Å²) in [5, 5.41) is 101. The average Bonchev–Trinajstić information content (AvgIpc) is 2.94. The number of aromatic hydroxyl groups is 4. The minimum absolute atomic E-state index is 0.0733. The number of aliphatic hydroxyl groups is 5. The van der Waals surface area contributed by atoms with E-state index in [1.54, 1.807) is 0 Å². The van der Waals surface area contributed by atoms with Crippen LogP contribution in [0.4, 0.5) is 0 Å². The molecule has 3 heterocycles. The van der Waals surface area contributed by atoms with Crippen molar-refractivity contribution in [2.75, 3.05) is 6.61 Å². The lowest BCUT2D eigenvalue weighted by molar-refractivity contribution is -0.302. The highest BCUT2D eigenvalue weighted by Crippen LogP contribution is 2.45. The molecule has 0 bridgehead atoms. The van der Waals surface area contributed by atoms with E-state index in [9.17, 15) is 60.7 Å². The summed E-state index contributed by atoms with van der Waals surface area (Å²) >= 11 is 0. The van der Waals surface area contributed by atoms with Gasteiger partial charge >= 0.3 is 5.97 Å². The summed E-state index contributed by atoms with van der Waals surface area (Å²) in [4.78, 5) is 24.4. The zero-order chi connectivity index (χ0) is 31.3. The molecule has 16 nitrogen and oxygen atoms in total. The molecule has 3 aromatic rings. The van der Waals surface area contributed by atoms with E-state index in [1.807, 2.05) is 0 Å². The molecule has 2 aromatic carbocycles. The van der Waals surface area contributed by atoms with Crippen molar-refractivity contribution in [3.63, 3.8) is 0 Å². The molecule has 0 radical (unpaired) electrons. The molecule has 2 aliphatic rings. The lowest BCUT2D eigenvalue weighted by Gasteiger charge is -2.40. The maximum absolute atomic E-state index is 13.0. The number of ether oxygens (including phenoxy) is 3. The molecule has 0 saturated carbocycles. The molecule has 43 heavy (non-hydrogen) atoms. The van der Waals surface area contributed by atoms with Crippen molar-refractivity contribution in [3.05, 3.63) is 46.1 Å². The van der Waals surface area contributed by atoms with E-state index < -0.39 is 107 Å². The summed E-state index contributed by atoms with van der Waals surface area (Å²) in [6.45, 7) is -0.517. The van der Waals surface area contributed by atoms with Crippen LogP contribution in [0.5, 0.6) is 23.0 Å². The van der Waals surface area contributed by atoms with Gasteiger partial charge < -0.3 is 69.7 Å². The molecule has 2 saturated heterocycles. The Hall–Kier alpha value is -4.00. The van der Waals surface area contributed by atoms with Crippen LogP contribution in [0.2, 0.25) is 0 Å². The maximum atomic E-state index is 13.0. The van der Waals surface area contributed by atoms with Gasteiger partial charge in [0.1, 0.15) is 58.7 Å². The van der Waals surface area contributed by atoms with Gasteiger partial charge in [-0.05, 0) is 18.2 Å². The van der Waals surface area contributed by atoms with Gasteiger partial charge in [-0.1, -0.05) is 0 Å². The Bertz CT molecular complexity index is 1590. The molecule has 0 spiro atoms. The molecule has 0 aliphatic carbocycles. The van der Waals surface area contributed by atoms with Gasteiger partial charge in [0.25, 0.3) is 0 Å². The Morgan fingerprint density at radius 2 is 1.58 bits per heavy atom. The lowest BCUT2D eigenvalue weighted by atomic mass is 9.91. The van der Waals surface area contributed by atoms with Crippen molar-refractivity contribution < 1.29 is 74.5 Å². The lowest BCUT2D eigenvalue weighted by Crippen LogP contribution is -2.60. The predicted octanol–water partition coefficient (Wildman–Crippen LogP) is -1.26. The summed E-state index contributed by atoms with van der Waals surface area (Å²) in [6.07, 6.45) is -15.6. The van der Waals surface area contributed by atoms with Crippen LogP contribution in [-0.2, 0) is 19.0 Å². The van der Waals surface area contributed by atoms with Gasteiger partial charge in [-0.2, -0.15) is 0 Å². The summed E-state index contributed by atoms with van der Waals surface area (Å²) in [6, 6.07) is 5.61. The Kier molecular flexibility index (Phi) is 8.21. The highest BCUT2D eigenvalue weighted by molar-refractivity contribution is 5.88. The highest BCUT2D eigenvalue weighted by atomic mass is 16.7. The van der Waals surface area contributed by atoms with Gasteiger partial charge in [-0.15, -0.1) is 0 Å². The number of phenolic OH excluding ortho intramolecular Hbond substituents is 4. The fraction of sp³-hybridized carbons (Fsp3) is 0.407. The number of phenols is 4. The van der Waals surface area contributed by atoms with Crippen molar-refractivity contribution in [3.8, 4) is 34.3 Å². The van der Waals surface area contributed by atoms with Crippen LogP contribution in [0.3, 0.4) is 0 Å². The molecular weight excluding hydrogens is 580 g/mol. The van der Waals surface area contributed by atoms with Crippen LogP contribution < -0.4 is 5.43 Å². The van der Waals surface area contributed by atoms with Gasteiger partial charge in [-0.3, -0.25) is 4.79 Å². The Labute approximate surface area is 240 Å². The highest BCUT2D eigenvalue weighted by Gasteiger charge is 2.48. The molecular formula is C27H28O16. The second-order valence-electron chi connectivity index (χ2n) is 10.3. The van der Waals surface area contributed by atoms with Crippen LogP contribution in [0.25, 0.3) is 22.3 Å². The van der Waals surface area contributed by atoms with Crippen molar-refractivity contribution in [1.82, 2.24) is 0 Å². The van der Waals surface area contributed by atoms with Gasteiger partial charge in [0.2, 0.25) is 0 Å². The minimum Gasteiger partial charge on any atom is -0.507 e. The first kappa shape index (κ1) is 30.5. The smallest absolute Gasteiger partial charge is 0.335 e. The maximum Gasteiger partial charge on any atom is 0.335 e. The number of benzene rings is 2. The minimum atomic E-state index is -1.94. The van der Waals surface area contributed by atoms with Crippen LogP contribution in [0.15, 0.2) is 39.5 Å². The molecule has 9 atom stereocenters. The SMILES string of the molecule is O=C(O)C1OC(OCC2CC(O)C(O)C(c3c(O)cc4oc(-c5ccc(O)c(O)c5)cc(=O)c4c3O)O2)C(O)C(O)C1O. The first-order chi connectivity index (χ1) is 20.3. The fourth-order valence-electron chi connectivity index (χ4n) is 5.10. The first-order valence-electron chi connectivity index (χ1n) is 12.9. The fourth-order valence-corrected chi connectivity index (χ4v) is 5.10. The van der Waals surface area contributed by atoms with Crippen LogP contribution in [-0.4, -0.2) is 113 Å².